The minimum Gasteiger partial charge on any atom is -0.379 e. The van der Waals surface area contributed by atoms with Gasteiger partial charge in [0.05, 0.1) is 79.3 Å². The van der Waals surface area contributed by atoms with E-state index in [1.807, 2.05) is 12.4 Å². The molecule has 0 spiro atoms. The van der Waals surface area contributed by atoms with Gasteiger partial charge in [-0.05, 0) is 11.6 Å². The van der Waals surface area contributed by atoms with Crippen LogP contribution >= 0.6 is 22.8 Å². The lowest BCUT2D eigenvalue weighted by atomic mass is 10.3. The van der Waals surface area contributed by atoms with Gasteiger partial charge in [0.1, 0.15) is 0 Å². The van der Waals surface area contributed by atoms with Crippen LogP contribution in [-0.2, 0) is 35.0 Å². The minimum atomic E-state index is -1.71. The molecule has 0 aliphatic carbocycles. The number of azide groups is 1. The van der Waals surface area contributed by atoms with E-state index in [4.69, 9.17) is 45.0 Å². The molecule has 1 unspecified atom stereocenters. The van der Waals surface area contributed by atoms with Crippen molar-refractivity contribution >= 4 is 30.2 Å². The molecule has 1 aromatic heterocycles. The van der Waals surface area contributed by atoms with Gasteiger partial charge >= 0.3 is 0 Å². The molecule has 0 bridgehead atoms. The molecule has 14 heteroatoms. The Kier molecular flexibility index (Phi) is 23.1. The van der Waals surface area contributed by atoms with Gasteiger partial charge in [-0.25, -0.2) is 9.97 Å². The molecular formula is C24H44ClN5O6SSi. The van der Waals surface area contributed by atoms with Crippen LogP contribution in [0.25, 0.3) is 10.4 Å². The van der Waals surface area contributed by atoms with Crippen molar-refractivity contribution in [3.8, 4) is 0 Å². The van der Waals surface area contributed by atoms with Gasteiger partial charge in [0.25, 0.3) is 0 Å². The first-order valence-corrected chi connectivity index (χ1v) is 18.1. The van der Waals surface area contributed by atoms with E-state index in [1.54, 1.807) is 11.8 Å². The number of hydrogen-bond acceptors (Lipinski definition) is 10. The molecule has 0 aliphatic heterocycles. The van der Waals surface area contributed by atoms with Gasteiger partial charge in [0.15, 0.2) is 12.5 Å². The van der Waals surface area contributed by atoms with Gasteiger partial charge in [-0.2, -0.15) is 11.1 Å². The predicted octanol–water partition coefficient (Wildman–Crippen LogP) is 5.02. The van der Waals surface area contributed by atoms with Crippen molar-refractivity contribution in [3.05, 3.63) is 28.4 Å². The van der Waals surface area contributed by atoms with E-state index < -0.39 is 7.38 Å². The second-order valence-electron chi connectivity index (χ2n) is 8.60. The Balaban J connectivity index is 1.87. The number of ether oxygens (including phenoxy) is 6. The first kappa shape index (κ1) is 35.0. The zero-order valence-corrected chi connectivity index (χ0v) is 25.4. The van der Waals surface area contributed by atoms with E-state index in [1.165, 1.54) is 19.3 Å². The first-order valence-electron chi connectivity index (χ1n) is 13.2. The molecule has 0 radical (unpaired) electrons. The number of thioether (sulfide) groups is 1. The van der Waals surface area contributed by atoms with Gasteiger partial charge in [-0.3, -0.25) is 0 Å². The second-order valence-corrected chi connectivity index (χ2v) is 16.5. The molecule has 0 amide bonds. The summed E-state index contributed by atoms with van der Waals surface area (Å²) in [4.78, 5) is 11.5. The van der Waals surface area contributed by atoms with E-state index in [9.17, 15) is 0 Å². The number of hydrogen-bond donors (Lipinski definition) is 0. The molecule has 218 valence electrons. The first-order chi connectivity index (χ1) is 18.6. The average Bonchev–Trinajstić information content (AvgIpc) is 2.91. The van der Waals surface area contributed by atoms with Crippen LogP contribution in [0.4, 0.5) is 0 Å². The SMILES string of the molecule is CCCCC[Si](C)(Cl)CSc1ncc(COCCOCCOCCOCCOCCOCCN=[N+]=[N-])cn1. The van der Waals surface area contributed by atoms with Crippen LogP contribution in [0.3, 0.4) is 0 Å². The Hall–Kier alpha value is -0.993. The molecule has 38 heavy (non-hydrogen) atoms. The average molecular weight is 594 g/mol. The fourth-order valence-electron chi connectivity index (χ4n) is 2.96. The van der Waals surface area contributed by atoms with E-state index in [0.717, 1.165) is 22.1 Å². The Morgan fingerprint density at radius 2 is 1.34 bits per heavy atom. The fourth-order valence-corrected chi connectivity index (χ4v) is 7.39. The largest absolute Gasteiger partial charge is 0.379 e. The maximum absolute atomic E-state index is 8.13. The van der Waals surface area contributed by atoms with Gasteiger partial charge in [0, 0.05) is 34.8 Å². The smallest absolute Gasteiger partial charge is 0.187 e. The number of nitrogens with zero attached hydrogens (tertiary/aromatic N) is 5. The maximum Gasteiger partial charge on any atom is 0.187 e. The van der Waals surface area contributed by atoms with Crippen molar-refractivity contribution in [2.45, 2.75) is 50.5 Å². The van der Waals surface area contributed by atoms with E-state index in [-0.39, 0.29) is 0 Å². The van der Waals surface area contributed by atoms with E-state index in [0.29, 0.717) is 85.8 Å². The van der Waals surface area contributed by atoms with Crippen molar-refractivity contribution in [3.63, 3.8) is 0 Å². The molecule has 0 N–H and O–H groups in total. The molecule has 0 fully saturated rings. The third-order valence-corrected chi connectivity index (χ3v) is 11.4. The summed E-state index contributed by atoms with van der Waals surface area (Å²) in [6.45, 7) is 10.5. The van der Waals surface area contributed by atoms with Gasteiger partial charge in [0.2, 0.25) is 0 Å². The Bertz CT molecular complexity index is 735. The van der Waals surface area contributed by atoms with Crippen molar-refractivity contribution in [2.75, 3.05) is 84.6 Å². The maximum atomic E-state index is 8.13. The molecule has 1 heterocycles. The molecule has 1 atom stereocenters. The molecule has 11 nitrogen and oxygen atoms in total. The van der Waals surface area contributed by atoms with Crippen LogP contribution in [0.5, 0.6) is 0 Å². The molecule has 0 saturated carbocycles. The van der Waals surface area contributed by atoms with Crippen LogP contribution < -0.4 is 0 Å². The molecule has 0 aromatic carbocycles. The highest BCUT2D eigenvalue weighted by atomic mass is 35.6. The van der Waals surface area contributed by atoms with Gasteiger partial charge < -0.3 is 28.4 Å². The normalized spacial score (nSPS) is 12.8. The third kappa shape index (κ3) is 21.9. The topological polar surface area (TPSA) is 130 Å². The summed E-state index contributed by atoms with van der Waals surface area (Å²) in [7, 11) is -1.71. The van der Waals surface area contributed by atoms with Crippen molar-refractivity contribution < 1.29 is 28.4 Å². The quantitative estimate of drug-likeness (QED) is 0.0201. The summed E-state index contributed by atoms with van der Waals surface area (Å²) >= 11 is 8.40. The number of unbranched alkanes of at least 4 members (excludes halogenated alkanes) is 2. The summed E-state index contributed by atoms with van der Waals surface area (Å²) < 4.78 is 32.6. The van der Waals surface area contributed by atoms with E-state index >= 15 is 0 Å². The summed E-state index contributed by atoms with van der Waals surface area (Å²) in [6, 6.07) is 1.14. The molecule has 1 rings (SSSR count). The van der Waals surface area contributed by atoms with Crippen molar-refractivity contribution in [1.29, 1.82) is 0 Å². The lowest BCUT2D eigenvalue weighted by Gasteiger charge is -2.18. The lowest BCUT2D eigenvalue weighted by Crippen LogP contribution is -2.26. The highest BCUT2D eigenvalue weighted by Gasteiger charge is 2.24. The summed E-state index contributed by atoms with van der Waals surface area (Å²) in [5.74, 6) is 0. The molecule has 0 aliphatic rings. The fraction of sp³-hybridized carbons (Fsp3) is 0.833. The number of rotatable bonds is 27. The van der Waals surface area contributed by atoms with Crippen LogP contribution in [0, 0.1) is 0 Å². The highest BCUT2D eigenvalue weighted by molar-refractivity contribution is 8.01. The zero-order valence-electron chi connectivity index (χ0n) is 22.9. The Morgan fingerprint density at radius 3 is 1.84 bits per heavy atom. The van der Waals surface area contributed by atoms with Crippen LogP contribution in [-0.4, -0.2) is 102 Å². The predicted molar refractivity (Wildman–Crippen MR) is 152 cm³/mol. The third-order valence-electron chi connectivity index (χ3n) is 5.01. The van der Waals surface area contributed by atoms with Gasteiger partial charge in [-0.1, -0.05) is 49.6 Å². The summed E-state index contributed by atoms with van der Waals surface area (Å²) in [5, 5.41) is 5.07. The van der Waals surface area contributed by atoms with Crippen LogP contribution in [0.15, 0.2) is 22.7 Å². The summed E-state index contributed by atoms with van der Waals surface area (Å²) in [5.41, 5.74) is 9.07. The number of halogens is 1. The van der Waals surface area contributed by atoms with Gasteiger partial charge in [-0.15, -0.1) is 0 Å². The number of aromatic nitrogens is 2. The Morgan fingerprint density at radius 1 is 0.842 bits per heavy atom. The minimum absolute atomic E-state index is 0.332. The standard InChI is InChI=1S/C24H44ClN5O6SSi/c1-3-4-5-18-38(2,25)22-37-24-27-19-23(20-28-24)21-36-17-16-35-15-14-34-13-12-33-11-10-32-9-8-31-7-6-29-30-26/h19-20H,3-18,21-22H2,1-2H3. The van der Waals surface area contributed by atoms with Crippen molar-refractivity contribution in [2.24, 2.45) is 5.11 Å². The van der Waals surface area contributed by atoms with Crippen molar-refractivity contribution in [1.82, 2.24) is 9.97 Å². The molecule has 0 saturated heterocycles. The zero-order chi connectivity index (χ0) is 27.6. The monoisotopic (exact) mass is 593 g/mol. The molecular weight excluding hydrogens is 550 g/mol. The Labute approximate surface area is 236 Å². The summed E-state index contributed by atoms with van der Waals surface area (Å²) in [6.07, 6.45) is 7.31. The van der Waals surface area contributed by atoms with Crippen LogP contribution in [0.1, 0.15) is 31.7 Å². The highest BCUT2D eigenvalue weighted by Crippen LogP contribution is 2.26. The lowest BCUT2D eigenvalue weighted by molar-refractivity contribution is -0.0174. The molecule has 1 aromatic rings. The van der Waals surface area contributed by atoms with Crippen LogP contribution in [0.2, 0.25) is 12.6 Å². The second kappa shape index (κ2) is 25.0. The van der Waals surface area contributed by atoms with E-state index in [2.05, 4.69) is 33.5 Å².